The number of nitrogens with zero attached hydrogens (tertiary/aromatic N) is 2. The number of halogens is 2. The summed E-state index contributed by atoms with van der Waals surface area (Å²) in [6.07, 6.45) is -0.0665. The first-order chi connectivity index (χ1) is 14.3. The lowest BCUT2D eigenvalue weighted by Gasteiger charge is -2.28. The molecule has 0 fully saturated rings. The molecule has 2 aliphatic rings. The van der Waals surface area contributed by atoms with Gasteiger partial charge in [0.2, 0.25) is 0 Å². The summed E-state index contributed by atoms with van der Waals surface area (Å²) in [6, 6.07) is 11.7. The molecule has 0 spiro atoms. The standard InChI is InChI=1S/C22H16FIN2O4/c1-12(11-25-19(27)13-6-2-3-7-14(13)20(25)28)10-17(18(23)24)26-21(29)15-8-4-5-9-16(15)22(26)30/h2-9,17-18H,1,10-11H2. The predicted molar refractivity (Wildman–Crippen MR) is 115 cm³/mol. The lowest BCUT2D eigenvalue weighted by Crippen LogP contribution is -2.44. The van der Waals surface area contributed by atoms with Crippen LogP contribution >= 0.6 is 22.6 Å². The van der Waals surface area contributed by atoms with Gasteiger partial charge in [-0.3, -0.25) is 29.0 Å². The maximum atomic E-state index is 14.5. The molecule has 2 atom stereocenters. The summed E-state index contributed by atoms with van der Waals surface area (Å²) >= 11 is 1.52. The molecule has 2 heterocycles. The molecule has 0 radical (unpaired) electrons. The monoisotopic (exact) mass is 518 g/mol. The third-order valence-electron chi connectivity index (χ3n) is 5.21. The highest BCUT2D eigenvalue weighted by Gasteiger charge is 2.43. The molecule has 2 aromatic rings. The van der Waals surface area contributed by atoms with Crippen molar-refractivity contribution in [3.63, 3.8) is 0 Å². The van der Waals surface area contributed by atoms with E-state index in [4.69, 9.17) is 0 Å². The number of amides is 4. The third kappa shape index (κ3) is 3.24. The van der Waals surface area contributed by atoms with Crippen LogP contribution in [0.2, 0.25) is 0 Å². The molecule has 0 saturated heterocycles. The van der Waals surface area contributed by atoms with E-state index in [2.05, 4.69) is 6.58 Å². The van der Waals surface area contributed by atoms with Crippen molar-refractivity contribution in [3.05, 3.63) is 82.9 Å². The van der Waals surface area contributed by atoms with E-state index in [1.165, 1.54) is 34.7 Å². The lowest BCUT2D eigenvalue weighted by atomic mass is 10.1. The molecule has 0 saturated carbocycles. The van der Waals surface area contributed by atoms with E-state index in [1.54, 1.807) is 36.4 Å². The number of carbonyl (C=O) groups is 4. The molecule has 0 bridgehead atoms. The van der Waals surface area contributed by atoms with Gasteiger partial charge >= 0.3 is 0 Å². The summed E-state index contributed by atoms with van der Waals surface area (Å²) in [5, 5.41) is 0. The largest absolute Gasteiger partial charge is 0.270 e. The quantitative estimate of drug-likeness (QED) is 0.254. The normalized spacial score (nSPS) is 17.3. The maximum Gasteiger partial charge on any atom is 0.261 e. The Labute approximate surface area is 185 Å². The van der Waals surface area contributed by atoms with E-state index < -0.39 is 33.8 Å². The number of carbonyl (C=O) groups excluding carboxylic acids is 4. The Morgan fingerprint density at radius 3 is 1.63 bits per heavy atom. The third-order valence-corrected chi connectivity index (χ3v) is 6.04. The molecular weight excluding hydrogens is 502 g/mol. The molecule has 30 heavy (non-hydrogen) atoms. The maximum absolute atomic E-state index is 14.5. The number of hydrogen-bond acceptors (Lipinski definition) is 4. The first-order valence-corrected chi connectivity index (χ1v) is 10.4. The average molecular weight is 518 g/mol. The molecule has 8 heteroatoms. The summed E-state index contributed by atoms with van der Waals surface area (Å²) < 4.78 is 12.9. The number of benzene rings is 2. The van der Waals surface area contributed by atoms with E-state index >= 15 is 0 Å². The zero-order valence-corrected chi connectivity index (χ0v) is 17.8. The molecule has 2 aromatic carbocycles. The van der Waals surface area contributed by atoms with Gasteiger partial charge in [0.25, 0.3) is 23.6 Å². The summed E-state index contributed by atoms with van der Waals surface area (Å²) in [6.45, 7) is 3.76. The van der Waals surface area contributed by atoms with E-state index in [0.29, 0.717) is 16.7 Å². The predicted octanol–water partition coefficient (Wildman–Crippen LogP) is 3.62. The SMILES string of the molecule is C=C(CC(C(F)I)N1C(=O)c2ccccc2C1=O)CN1C(=O)c2ccccc2C1=O. The summed E-state index contributed by atoms with van der Waals surface area (Å²) in [5.74, 6) is -2.01. The molecule has 0 aromatic heterocycles. The van der Waals surface area contributed by atoms with Gasteiger partial charge in [0, 0.05) is 0 Å². The van der Waals surface area contributed by atoms with Crippen molar-refractivity contribution < 1.29 is 23.6 Å². The highest BCUT2D eigenvalue weighted by molar-refractivity contribution is 14.1. The minimum Gasteiger partial charge on any atom is -0.270 e. The molecule has 4 amide bonds. The molecule has 0 aliphatic carbocycles. The number of fused-ring (bicyclic) bond motifs is 2. The van der Waals surface area contributed by atoms with E-state index in [0.717, 1.165) is 9.80 Å². The van der Waals surface area contributed by atoms with Crippen LogP contribution in [0.4, 0.5) is 4.39 Å². The van der Waals surface area contributed by atoms with Crippen molar-refractivity contribution in [2.75, 3.05) is 6.54 Å². The van der Waals surface area contributed by atoms with Crippen LogP contribution in [0.3, 0.4) is 0 Å². The highest BCUT2D eigenvalue weighted by atomic mass is 127. The van der Waals surface area contributed by atoms with Crippen LogP contribution in [-0.4, -0.2) is 50.2 Å². The second-order valence-corrected chi connectivity index (χ2v) is 8.31. The van der Waals surface area contributed by atoms with Crippen LogP contribution in [0.25, 0.3) is 0 Å². The van der Waals surface area contributed by atoms with Gasteiger partial charge in [-0.15, -0.1) is 0 Å². The fourth-order valence-corrected chi connectivity index (χ4v) is 4.34. The fourth-order valence-electron chi connectivity index (χ4n) is 3.77. The Bertz CT molecular complexity index is 1040. The van der Waals surface area contributed by atoms with Crippen LogP contribution in [-0.2, 0) is 0 Å². The molecule has 2 unspecified atom stereocenters. The Balaban J connectivity index is 1.52. The topological polar surface area (TPSA) is 74.8 Å². The van der Waals surface area contributed by atoms with E-state index in [1.807, 2.05) is 0 Å². The van der Waals surface area contributed by atoms with Crippen molar-refractivity contribution in [2.24, 2.45) is 0 Å². The summed E-state index contributed by atoms with van der Waals surface area (Å²) in [4.78, 5) is 52.5. The molecule has 6 nitrogen and oxygen atoms in total. The molecule has 152 valence electrons. The molecule has 2 aliphatic heterocycles. The molecule has 0 N–H and O–H groups in total. The zero-order chi connectivity index (χ0) is 21.6. The van der Waals surface area contributed by atoms with E-state index in [-0.39, 0.29) is 24.1 Å². The minimum atomic E-state index is -1.55. The number of alkyl halides is 2. The number of imide groups is 2. The van der Waals surface area contributed by atoms with Crippen molar-refractivity contribution >= 4 is 46.2 Å². The van der Waals surface area contributed by atoms with Gasteiger partial charge in [0.05, 0.1) is 34.8 Å². The Morgan fingerprint density at radius 1 is 0.833 bits per heavy atom. The zero-order valence-electron chi connectivity index (χ0n) is 15.7. The van der Waals surface area contributed by atoms with Crippen molar-refractivity contribution in [1.82, 2.24) is 9.80 Å². The van der Waals surface area contributed by atoms with E-state index in [9.17, 15) is 23.6 Å². The fraction of sp³-hybridized carbons (Fsp3) is 0.182. The van der Waals surface area contributed by atoms with Gasteiger partial charge in [-0.2, -0.15) is 0 Å². The van der Waals surface area contributed by atoms with Gasteiger partial charge in [0.1, 0.15) is 0 Å². The van der Waals surface area contributed by atoms with Crippen LogP contribution in [0.1, 0.15) is 47.9 Å². The van der Waals surface area contributed by atoms with Crippen LogP contribution in [0.15, 0.2) is 60.7 Å². The van der Waals surface area contributed by atoms with Gasteiger partial charge in [-0.1, -0.05) is 36.4 Å². The lowest BCUT2D eigenvalue weighted by molar-refractivity contribution is 0.0539. The van der Waals surface area contributed by atoms with Gasteiger partial charge in [0.15, 0.2) is 4.18 Å². The van der Waals surface area contributed by atoms with Gasteiger partial charge in [-0.25, -0.2) is 4.39 Å². The van der Waals surface area contributed by atoms with Gasteiger partial charge < -0.3 is 0 Å². The van der Waals surface area contributed by atoms with Crippen molar-refractivity contribution in [2.45, 2.75) is 16.6 Å². The van der Waals surface area contributed by atoms with Crippen molar-refractivity contribution in [3.8, 4) is 0 Å². The Kier molecular flexibility index (Phi) is 5.27. The van der Waals surface area contributed by atoms with Crippen LogP contribution in [0.5, 0.6) is 0 Å². The summed E-state index contributed by atoms with van der Waals surface area (Å²) in [5.41, 5.74) is 1.45. The highest BCUT2D eigenvalue weighted by Crippen LogP contribution is 2.31. The van der Waals surface area contributed by atoms with Gasteiger partial charge in [-0.05, 0) is 53.3 Å². The second-order valence-electron chi connectivity index (χ2n) is 7.12. The molecular formula is C22H16FIN2O4. The number of rotatable bonds is 6. The molecule has 4 rings (SSSR count). The minimum absolute atomic E-state index is 0.0665. The first-order valence-electron chi connectivity index (χ1n) is 9.18. The van der Waals surface area contributed by atoms with Crippen LogP contribution < -0.4 is 0 Å². The smallest absolute Gasteiger partial charge is 0.261 e. The second kappa shape index (κ2) is 7.75. The Morgan fingerprint density at radius 2 is 1.23 bits per heavy atom. The summed E-state index contributed by atoms with van der Waals surface area (Å²) in [7, 11) is 0. The average Bonchev–Trinajstić information content (AvgIpc) is 3.12. The first kappa shape index (κ1) is 20.4. The van der Waals surface area contributed by atoms with Crippen molar-refractivity contribution in [1.29, 1.82) is 0 Å². The van der Waals surface area contributed by atoms with Crippen LogP contribution in [0, 0.1) is 0 Å². The number of hydrogen-bond donors (Lipinski definition) is 0. The Hall–Kier alpha value is -2.88.